The van der Waals surface area contributed by atoms with Crippen molar-refractivity contribution in [3.05, 3.63) is 61.9 Å². The number of H-pyrrole nitrogens is 2. The molecule has 3 aromatic heterocycles. The van der Waals surface area contributed by atoms with E-state index in [1.165, 1.54) is 0 Å². The first-order valence-corrected chi connectivity index (χ1v) is 11.7. The molecule has 168 valence electrons. The number of hydrogen-bond donors (Lipinski definition) is 3. The lowest BCUT2D eigenvalue weighted by Crippen LogP contribution is -2.43. The fourth-order valence-electron chi connectivity index (χ4n) is 4.26. The average molecular weight is 455 g/mol. The Morgan fingerprint density at radius 2 is 2.06 bits per heavy atom. The molecule has 1 aliphatic heterocycles. The summed E-state index contributed by atoms with van der Waals surface area (Å²) >= 11 is 1.58. The number of aromatic nitrogens is 4. The molecule has 10 heteroatoms. The summed E-state index contributed by atoms with van der Waals surface area (Å²) in [4.78, 5) is 49.1. The van der Waals surface area contributed by atoms with Gasteiger partial charge in [0.05, 0.1) is 5.52 Å². The summed E-state index contributed by atoms with van der Waals surface area (Å²) in [5, 5.41) is 4.80. The molecular weight excluding hydrogens is 428 g/mol. The summed E-state index contributed by atoms with van der Waals surface area (Å²) in [6.07, 6.45) is 6.57. The molecular formula is C22H26N6O3S. The predicted molar refractivity (Wildman–Crippen MR) is 128 cm³/mol. The fraction of sp³-hybridized carbons (Fsp3) is 0.364. The lowest BCUT2D eigenvalue weighted by Gasteiger charge is -2.32. The highest BCUT2D eigenvalue weighted by Gasteiger charge is 2.27. The summed E-state index contributed by atoms with van der Waals surface area (Å²) < 4.78 is 1.73. The Bertz CT molecular complexity index is 1300. The van der Waals surface area contributed by atoms with E-state index in [9.17, 15) is 14.4 Å². The zero-order valence-corrected chi connectivity index (χ0v) is 19.1. The Labute approximate surface area is 188 Å². The molecule has 0 aromatic carbocycles. The van der Waals surface area contributed by atoms with Gasteiger partial charge in [0.2, 0.25) is 0 Å². The first-order chi connectivity index (χ1) is 15.4. The predicted octanol–water partition coefficient (Wildman–Crippen LogP) is 3.31. The third kappa shape index (κ3) is 4.10. The standard InChI is InChI=1S/C22H26N6O3S/c1-13(12-32-3)16-11-24-20(29)18(14(16)2)25-21(30)27-9-6-15(7-10-27)28-17-5-4-8-23-19(17)26-22(28)31/h4-5,8,11-12,15H,6-7,9-10H2,1-3H3,(H,24,29)(H,25,30)(H,23,26,31)/b13-12+. The van der Waals surface area contributed by atoms with Gasteiger partial charge in [-0.25, -0.2) is 14.6 Å². The molecule has 9 nitrogen and oxygen atoms in total. The number of amides is 2. The maximum atomic E-state index is 12.9. The number of thioether (sulfide) groups is 1. The second kappa shape index (κ2) is 9.07. The molecule has 4 rings (SSSR count). The SMILES string of the molecule is CS/C=C(\C)c1c[nH]c(=O)c(NC(=O)N2CCC(n3c(=O)[nH]c4ncccc43)CC2)c1C. The van der Waals surface area contributed by atoms with Crippen LogP contribution in [0.1, 0.15) is 36.9 Å². The van der Waals surface area contributed by atoms with Crippen LogP contribution in [0.2, 0.25) is 0 Å². The first kappa shape index (κ1) is 21.9. The summed E-state index contributed by atoms with van der Waals surface area (Å²) in [7, 11) is 0. The van der Waals surface area contributed by atoms with Gasteiger partial charge in [-0.2, -0.15) is 0 Å². The van der Waals surface area contributed by atoms with Crippen molar-refractivity contribution in [3.8, 4) is 0 Å². The molecule has 3 aromatic rings. The van der Waals surface area contributed by atoms with Crippen LogP contribution in [0.3, 0.4) is 0 Å². The van der Waals surface area contributed by atoms with E-state index in [2.05, 4.69) is 20.3 Å². The minimum atomic E-state index is -0.329. The van der Waals surface area contributed by atoms with Gasteiger partial charge >= 0.3 is 11.7 Å². The van der Waals surface area contributed by atoms with Gasteiger partial charge in [-0.3, -0.25) is 14.3 Å². The van der Waals surface area contributed by atoms with Crippen LogP contribution in [-0.2, 0) is 0 Å². The second-order valence-corrected chi connectivity index (χ2v) is 8.59. The summed E-state index contributed by atoms with van der Waals surface area (Å²) in [6.45, 7) is 4.77. The number of imidazole rings is 1. The van der Waals surface area contributed by atoms with Crippen molar-refractivity contribution in [3.63, 3.8) is 0 Å². The summed E-state index contributed by atoms with van der Waals surface area (Å²) in [6, 6.07) is 3.35. The molecule has 4 heterocycles. The van der Waals surface area contributed by atoms with E-state index >= 15 is 0 Å². The average Bonchev–Trinajstić information content (AvgIpc) is 3.12. The highest BCUT2D eigenvalue weighted by atomic mass is 32.2. The molecule has 0 unspecified atom stereocenters. The van der Waals surface area contributed by atoms with Gasteiger partial charge in [0, 0.05) is 31.5 Å². The number of urea groups is 1. The van der Waals surface area contributed by atoms with Crippen LogP contribution in [0.5, 0.6) is 0 Å². The largest absolute Gasteiger partial charge is 0.327 e. The number of piperidine rings is 1. The smallest absolute Gasteiger partial charge is 0.327 e. The van der Waals surface area contributed by atoms with Gasteiger partial charge in [0.1, 0.15) is 5.69 Å². The van der Waals surface area contributed by atoms with Gasteiger partial charge in [0.25, 0.3) is 5.56 Å². The lowest BCUT2D eigenvalue weighted by atomic mass is 10.0. The topological polar surface area (TPSA) is 116 Å². The van der Waals surface area contributed by atoms with Crippen molar-refractivity contribution in [1.29, 1.82) is 0 Å². The molecule has 32 heavy (non-hydrogen) atoms. The first-order valence-electron chi connectivity index (χ1n) is 10.4. The highest BCUT2D eigenvalue weighted by Crippen LogP contribution is 2.26. The number of fused-ring (bicyclic) bond motifs is 1. The maximum absolute atomic E-state index is 12.9. The summed E-state index contributed by atoms with van der Waals surface area (Å²) in [5.74, 6) is 0. The number of anilines is 1. The van der Waals surface area contributed by atoms with Crippen molar-refractivity contribution in [2.24, 2.45) is 0 Å². The molecule has 1 aliphatic rings. The number of nitrogens with one attached hydrogen (secondary N) is 3. The molecule has 0 radical (unpaired) electrons. The summed E-state index contributed by atoms with van der Waals surface area (Å²) in [5.41, 5.74) is 3.73. The van der Waals surface area contributed by atoms with Gasteiger partial charge in [-0.15, -0.1) is 11.8 Å². The zero-order valence-electron chi connectivity index (χ0n) is 18.3. The van der Waals surface area contributed by atoms with Crippen LogP contribution in [-0.4, -0.2) is 49.8 Å². The third-order valence-corrected chi connectivity index (χ3v) is 6.50. The fourth-order valence-corrected chi connectivity index (χ4v) is 4.74. The van der Waals surface area contributed by atoms with Crippen molar-refractivity contribution >= 4 is 40.2 Å². The molecule has 0 bridgehead atoms. The van der Waals surface area contributed by atoms with E-state index in [4.69, 9.17) is 0 Å². The van der Waals surface area contributed by atoms with Gasteiger partial charge < -0.3 is 15.2 Å². The number of hydrogen-bond acceptors (Lipinski definition) is 5. The van der Waals surface area contributed by atoms with E-state index in [1.54, 1.807) is 39.7 Å². The molecule has 2 amide bonds. The minimum Gasteiger partial charge on any atom is -0.327 e. The molecule has 1 fully saturated rings. The lowest BCUT2D eigenvalue weighted by molar-refractivity contribution is 0.184. The molecule has 0 aliphatic carbocycles. The van der Waals surface area contributed by atoms with Gasteiger partial charge in [-0.05, 0) is 67.2 Å². The van der Waals surface area contributed by atoms with E-state index in [0.717, 1.165) is 22.2 Å². The van der Waals surface area contributed by atoms with E-state index in [1.807, 2.05) is 31.6 Å². The zero-order chi connectivity index (χ0) is 22.8. The molecule has 3 N–H and O–H groups in total. The molecule has 0 spiro atoms. The Hall–Kier alpha value is -3.27. The number of nitrogens with zero attached hydrogens (tertiary/aromatic N) is 3. The van der Waals surface area contributed by atoms with Gasteiger partial charge in [-0.1, -0.05) is 0 Å². The third-order valence-electron chi connectivity index (χ3n) is 5.91. The Balaban J connectivity index is 1.48. The van der Waals surface area contributed by atoms with Crippen molar-refractivity contribution in [2.75, 3.05) is 24.7 Å². The number of aromatic amines is 2. The molecule has 0 atom stereocenters. The van der Waals surface area contributed by atoms with E-state index in [-0.39, 0.29) is 29.0 Å². The highest BCUT2D eigenvalue weighted by molar-refractivity contribution is 8.01. The van der Waals surface area contributed by atoms with Crippen molar-refractivity contribution in [2.45, 2.75) is 32.7 Å². The van der Waals surface area contributed by atoms with E-state index < -0.39 is 0 Å². The monoisotopic (exact) mass is 454 g/mol. The number of carbonyl (C=O) groups excluding carboxylic acids is 1. The molecule has 1 saturated heterocycles. The van der Waals surface area contributed by atoms with Crippen LogP contribution in [0.4, 0.5) is 10.5 Å². The van der Waals surface area contributed by atoms with Crippen LogP contribution in [0, 0.1) is 6.92 Å². The van der Waals surface area contributed by atoms with Crippen LogP contribution in [0.25, 0.3) is 16.7 Å². The minimum absolute atomic E-state index is 0.0164. The quantitative estimate of drug-likeness (QED) is 0.559. The Kier molecular flexibility index (Phi) is 6.22. The number of rotatable bonds is 4. The van der Waals surface area contributed by atoms with Crippen LogP contribution < -0.4 is 16.6 Å². The van der Waals surface area contributed by atoms with E-state index in [0.29, 0.717) is 31.6 Å². The number of pyridine rings is 2. The Morgan fingerprint density at radius 1 is 1.31 bits per heavy atom. The van der Waals surface area contributed by atoms with Crippen LogP contribution >= 0.6 is 11.8 Å². The maximum Gasteiger partial charge on any atom is 0.327 e. The number of allylic oxidation sites excluding steroid dienone is 1. The van der Waals surface area contributed by atoms with Crippen LogP contribution in [0.15, 0.2) is 39.5 Å². The van der Waals surface area contributed by atoms with Crippen molar-refractivity contribution < 1.29 is 4.79 Å². The Morgan fingerprint density at radius 3 is 2.78 bits per heavy atom. The van der Waals surface area contributed by atoms with Gasteiger partial charge in [0.15, 0.2) is 5.65 Å². The number of carbonyl (C=O) groups is 1. The normalized spacial score (nSPS) is 15.3. The van der Waals surface area contributed by atoms with Crippen molar-refractivity contribution in [1.82, 2.24) is 24.4 Å². The number of likely N-dealkylation sites (tertiary alicyclic amines) is 1. The second-order valence-electron chi connectivity index (χ2n) is 7.89. The molecule has 0 saturated carbocycles.